The van der Waals surface area contributed by atoms with Crippen LogP contribution in [-0.2, 0) is 4.79 Å². The van der Waals surface area contributed by atoms with Crippen molar-refractivity contribution in [2.45, 2.75) is 37.9 Å². The second-order valence-corrected chi connectivity index (χ2v) is 7.22. The van der Waals surface area contributed by atoms with Crippen LogP contribution in [0.1, 0.15) is 24.0 Å². The van der Waals surface area contributed by atoms with Gasteiger partial charge in [-0.15, -0.1) is 0 Å². The standard InChI is InChI=1S/C18H23N3O2S/c1-13-8-14(2)10-16(9-13)21-7-5-19-18(21)24-12-17(23)20-6-3-4-15(20)11-22/h5,7-10,15,22H,3-4,6,11-12H2,1-2H3/t15-/m1/s1. The van der Waals surface area contributed by atoms with Crippen molar-refractivity contribution in [2.75, 3.05) is 18.9 Å². The average molecular weight is 345 g/mol. The molecule has 1 atom stereocenters. The Bertz CT molecular complexity index is 709. The van der Waals surface area contributed by atoms with Crippen molar-refractivity contribution in [3.8, 4) is 5.69 Å². The van der Waals surface area contributed by atoms with Crippen molar-refractivity contribution in [1.82, 2.24) is 14.5 Å². The Kier molecular flexibility index (Phi) is 5.26. The number of imidazole rings is 1. The van der Waals surface area contributed by atoms with Crippen molar-refractivity contribution in [3.05, 3.63) is 41.7 Å². The van der Waals surface area contributed by atoms with Gasteiger partial charge in [0.2, 0.25) is 5.91 Å². The van der Waals surface area contributed by atoms with E-state index >= 15 is 0 Å². The minimum Gasteiger partial charge on any atom is -0.394 e. The Labute approximate surface area is 146 Å². The van der Waals surface area contributed by atoms with Gasteiger partial charge in [-0.05, 0) is 49.9 Å². The molecule has 128 valence electrons. The smallest absolute Gasteiger partial charge is 0.233 e. The fourth-order valence-corrected chi connectivity index (χ4v) is 4.10. The molecule has 1 aromatic carbocycles. The lowest BCUT2D eigenvalue weighted by Gasteiger charge is -2.22. The van der Waals surface area contributed by atoms with Crippen molar-refractivity contribution in [2.24, 2.45) is 0 Å². The summed E-state index contributed by atoms with van der Waals surface area (Å²) >= 11 is 1.45. The number of hydrogen-bond donors (Lipinski definition) is 1. The molecule has 0 unspecified atom stereocenters. The predicted octanol–water partition coefficient (Wildman–Crippen LogP) is 2.56. The summed E-state index contributed by atoms with van der Waals surface area (Å²) in [7, 11) is 0. The van der Waals surface area contributed by atoms with E-state index in [9.17, 15) is 9.90 Å². The number of carbonyl (C=O) groups excluding carboxylic acids is 1. The van der Waals surface area contributed by atoms with Crippen molar-refractivity contribution >= 4 is 17.7 Å². The number of nitrogens with zero attached hydrogens (tertiary/aromatic N) is 3. The van der Waals surface area contributed by atoms with Crippen molar-refractivity contribution in [3.63, 3.8) is 0 Å². The maximum Gasteiger partial charge on any atom is 0.233 e. The van der Waals surface area contributed by atoms with Crippen LogP contribution in [0.3, 0.4) is 0 Å². The lowest BCUT2D eigenvalue weighted by Crippen LogP contribution is -2.38. The molecule has 1 aliphatic rings. The Morgan fingerprint density at radius 1 is 1.33 bits per heavy atom. The van der Waals surface area contributed by atoms with Crippen LogP contribution < -0.4 is 0 Å². The molecule has 6 heteroatoms. The molecule has 1 aromatic heterocycles. The Hall–Kier alpha value is -1.79. The quantitative estimate of drug-likeness (QED) is 0.846. The van der Waals surface area contributed by atoms with E-state index in [0.717, 1.165) is 30.2 Å². The fraction of sp³-hybridized carbons (Fsp3) is 0.444. The molecular formula is C18H23N3O2S. The molecule has 0 radical (unpaired) electrons. The number of benzene rings is 1. The minimum atomic E-state index is -0.0164. The third kappa shape index (κ3) is 3.65. The highest BCUT2D eigenvalue weighted by Crippen LogP contribution is 2.24. The predicted molar refractivity (Wildman–Crippen MR) is 95.6 cm³/mol. The molecule has 2 heterocycles. The van der Waals surface area contributed by atoms with E-state index in [2.05, 4.69) is 37.0 Å². The Morgan fingerprint density at radius 3 is 2.79 bits per heavy atom. The summed E-state index contributed by atoms with van der Waals surface area (Å²) in [6, 6.07) is 6.35. The van der Waals surface area contributed by atoms with Gasteiger partial charge in [0.25, 0.3) is 0 Å². The Balaban J connectivity index is 1.71. The molecule has 0 aliphatic carbocycles. The summed E-state index contributed by atoms with van der Waals surface area (Å²) in [4.78, 5) is 18.6. The van der Waals surface area contributed by atoms with E-state index in [4.69, 9.17) is 0 Å². The zero-order chi connectivity index (χ0) is 17.1. The molecular weight excluding hydrogens is 322 g/mol. The number of thioether (sulfide) groups is 1. The maximum atomic E-state index is 12.4. The van der Waals surface area contributed by atoms with Gasteiger partial charge in [0.1, 0.15) is 0 Å². The number of amides is 1. The van der Waals surface area contributed by atoms with Gasteiger partial charge in [-0.3, -0.25) is 9.36 Å². The molecule has 1 aliphatic heterocycles. The molecule has 5 nitrogen and oxygen atoms in total. The van der Waals surface area contributed by atoms with E-state index in [0.29, 0.717) is 5.75 Å². The first-order valence-electron chi connectivity index (χ1n) is 8.23. The van der Waals surface area contributed by atoms with Gasteiger partial charge in [-0.25, -0.2) is 4.98 Å². The normalized spacial score (nSPS) is 17.5. The maximum absolute atomic E-state index is 12.4. The number of rotatable bonds is 5. The van der Waals surface area contributed by atoms with Gasteiger partial charge in [0.15, 0.2) is 5.16 Å². The lowest BCUT2D eigenvalue weighted by atomic mass is 10.1. The molecule has 0 spiro atoms. The molecule has 1 saturated heterocycles. The van der Waals surface area contributed by atoms with E-state index in [1.165, 1.54) is 22.9 Å². The van der Waals surface area contributed by atoms with E-state index in [1.807, 2.05) is 10.8 Å². The largest absolute Gasteiger partial charge is 0.394 e. The highest BCUT2D eigenvalue weighted by atomic mass is 32.2. The summed E-state index contributed by atoms with van der Waals surface area (Å²) in [5.41, 5.74) is 3.47. The molecule has 0 saturated carbocycles. The summed E-state index contributed by atoms with van der Waals surface area (Å²) in [6.07, 6.45) is 5.55. The lowest BCUT2D eigenvalue weighted by molar-refractivity contribution is -0.129. The van der Waals surface area contributed by atoms with Crippen LogP contribution >= 0.6 is 11.8 Å². The molecule has 1 amide bonds. The van der Waals surface area contributed by atoms with Crippen LogP contribution in [0.25, 0.3) is 5.69 Å². The monoisotopic (exact) mass is 345 g/mol. The van der Waals surface area contributed by atoms with Gasteiger partial charge in [0, 0.05) is 24.6 Å². The number of aryl methyl sites for hydroxylation is 2. The highest BCUT2D eigenvalue weighted by molar-refractivity contribution is 7.99. The van der Waals surface area contributed by atoms with Crippen molar-refractivity contribution < 1.29 is 9.90 Å². The zero-order valence-electron chi connectivity index (χ0n) is 14.1. The minimum absolute atomic E-state index is 0.0164. The number of aliphatic hydroxyl groups excluding tert-OH is 1. The third-order valence-corrected chi connectivity index (χ3v) is 5.28. The van der Waals surface area contributed by atoms with Crippen LogP contribution in [0.4, 0.5) is 0 Å². The Morgan fingerprint density at radius 2 is 2.08 bits per heavy atom. The van der Waals surface area contributed by atoms with Crippen LogP contribution in [0.15, 0.2) is 35.7 Å². The van der Waals surface area contributed by atoms with Crippen LogP contribution in [0.2, 0.25) is 0 Å². The number of hydrogen-bond acceptors (Lipinski definition) is 4. The number of aliphatic hydroxyl groups is 1. The van der Waals surface area contributed by atoms with Crippen molar-refractivity contribution in [1.29, 1.82) is 0 Å². The third-order valence-electron chi connectivity index (χ3n) is 4.32. The summed E-state index contributed by atoms with van der Waals surface area (Å²) in [5.74, 6) is 0.421. The molecule has 0 bridgehead atoms. The molecule has 3 rings (SSSR count). The first kappa shape index (κ1) is 17.0. The molecule has 1 fully saturated rings. The van der Waals surface area contributed by atoms with Crippen LogP contribution in [0.5, 0.6) is 0 Å². The van der Waals surface area contributed by atoms with E-state index in [-0.39, 0.29) is 18.6 Å². The van der Waals surface area contributed by atoms with E-state index in [1.54, 1.807) is 11.1 Å². The average Bonchev–Trinajstić information content (AvgIpc) is 3.20. The summed E-state index contributed by atoms with van der Waals surface area (Å²) in [6.45, 7) is 4.95. The van der Waals surface area contributed by atoms with E-state index < -0.39 is 0 Å². The topological polar surface area (TPSA) is 58.4 Å². The van der Waals surface area contributed by atoms with Gasteiger partial charge < -0.3 is 10.0 Å². The molecule has 1 N–H and O–H groups in total. The summed E-state index contributed by atoms with van der Waals surface area (Å²) in [5, 5.41) is 10.2. The van der Waals surface area contributed by atoms with Gasteiger partial charge in [-0.1, -0.05) is 17.8 Å². The van der Waals surface area contributed by atoms with Gasteiger partial charge in [0.05, 0.1) is 18.4 Å². The second-order valence-electron chi connectivity index (χ2n) is 6.28. The number of carbonyl (C=O) groups is 1. The fourth-order valence-electron chi connectivity index (χ4n) is 3.25. The zero-order valence-corrected chi connectivity index (χ0v) is 14.9. The van der Waals surface area contributed by atoms with Gasteiger partial charge in [-0.2, -0.15) is 0 Å². The van der Waals surface area contributed by atoms with Crippen LogP contribution in [-0.4, -0.2) is 50.4 Å². The first-order valence-corrected chi connectivity index (χ1v) is 9.22. The summed E-state index contributed by atoms with van der Waals surface area (Å²) < 4.78 is 2.02. The second kappa shape index (κ2) is 7.40. The van der Waals surface area contributed by atoms with Gasteiger partial charge >= 0.3 is 0 Å². The highest BCUT2D eigenvalue weighted by Gasteiger charge is 2.28. The SMILES string of the molecule is Cc1cc(C)cc(-n2ccnc2SCC(=O)N2CCC[C@@H]2CO)c1. The first-order chi connectivity index (χ1) is 11.6. The number of aromatic nitrogens is 2. The molecule has 24 heavy (non-hydrogen) atoms. The molecule has 2 aromatic rings. The number of likely N-dealkylation sites (tertiary alicyclic amines) is 1. The van der Waals surface area contributed by atoms with Crippen LogP contribution in [0, 0.1) is 13.8 Å².